The zero-order valence-electron chi connectivity index (χ0n) is 16.3. The van der Waals surface area contributed by atoms with Gasteiger partial charge in [0.25, 0.3) is 5.91 Å². The van der Waals surface area contributed by atoms with Crippen LogP contribution in [-0.4, -0.2) is 24.3 Å². The first-order chi connectivity index (χ1) is 15.3. The van der Waals surface area contributed by atoms with Crippen LogP contribution < -0.4 is 5.32 Å². The maximum absolute atomic E-state index is 13.0. The number of halogens is 6. The van der Waals surface area contributed by atoms with Gasteiger partial charge in [0.2, 0.25) is 15.7 Å². The Morgan fingerprint density at radius 3 is 2.27 bits per heavy atom. The van der Waals surface area contributed by atoms with Gasteiger partial charge in [-0.3, -0.25) is 4.79 Å². The van der Waals surface area contributed by atoms with Crippen LogP contribution >= 0.6 is 0 Å². The number of amides is 1. The van der Waals surface area contributed by atoms with E-state index in [9.17, 15) is 39.6 Å². The fourth-order valence-corrected chi connectivity index (χ4v) is 4.30. The molecule has 174 valence electrons. The molecule has 1 amide bonds. The zero-order valence-corrected chi connectivity index (χ0v) is 17.1. The van der Waals surface area contributed by atoms with Gasteiger partial charge in [0, 0.05) is 12.7 Å². The monoisotopic (exact) mass is 489 g/mol. The third-order valence-electron chi connectivity index (χ3n) is 4.31. The van der Waals surface area contributed by atoms with Gasteiger partial charge in [0.05, 0.1) is 15.4 Å². The normalized spacial score (nSPS) is 12.4. The van der Waals surface area contributed by atoms with Crippen molar-refractivity contribution >= 4 is 15.7 Å². The summed E-state index contributed by atoms with van der Waals surface area (Å²) in [6, 6.07) is 9.32. The van der Waals surface area contributed by atoms with Crippen molar-refractivity contribution in [2.45, 2.75) is 28.7 Å². The molecule has 0 aliphatic carbocycles. The SMILES string of the molecule is O=C(NCc1ccccc1S(=O)(=O)c1cccc(C(F)(F)F)c1)c1ccnc(C(F)(F)F)n1. The Morgan fingerprint density at radius 1 is 0.909 bits per heavy atom. The number of hydrogen-bond donors (Lipinski definition) is 1. The van der Waals surface area contributed by atoms with E-state index in [0.717, 1.165) is 36.5 Å². The highest BCUT2D eigenvalue weighted by molar-refractivity contribution is 7.91. The molecular formula is C20H13F6N3O3S. The van der Waals surface area contributed by atoms with Crippen molar-refractivity contribution in [3.63, 3.8) is 0 Å². The Bertz CT molecular complexity index is 1290. The van der Waals surface area contributed by atoms with Crippen molar-refractivity contribution in [1.82, 2.24) is 15.3 Å². The molecule has 3 aromatic rings. The molecule has 33 heavy (non-hydrogen) atoms. The van der Waals surface area contributed by atoms with E-state index in [4.69, 9.17) is 0 Å². The lowest BCUT2D eigenvalue weighted by Crippen LogP contribution is -2.26. The molecular weight excluding hydrogens is 476 g/mol. The van der Waals surface area contributed by atoms with Crippen LogP contribution in [0.4, 0.5) is 26.3 Å². The Balaban J connectivity index is 1.88. The minimum Gasteiger partial charge on any atom is -0.347 e. The molecule has 1 N–H and O–H groups in total. The smallest absolute Gasteiger partial charge is 0.347 e. The van der Waals surface area contributed by atoms with Crippen LogP contribution in [0.15, 0.2) is 70.6 Å². The number of sulfone groups is 1. The first kappa shape index (κ1) is 24.2. The first-order valence-electron chi connectivity index (χ1n) is 8.99. The van der Waals surface area contributed by atoms with Crippen molar-refractivity contribution in [2.75, 3.05) is 0 Å². The highest BCUT2D eigenvalue weighted by Crippen LogP contribution is 2.32. The number of rotatable bonds is 5. The predicted octanol–water partition coefficient (Wildman–Crippen LogP) is 4.28. The fourth-order valence-electron chi connectivity index (χ4n) is 2.77. The minimum absolute atomic E-state index is 0.00774. The molecule has 1 aromatic heterocycles. The summed E-state index contributed by atoms with van der Waals surface area (Å²) in [5.41, 5.74) is -1.75. The molecule has 2 aromatic carbocycles. The summed E-state index contributed by atoms with van der Waals surface area (Å²) >= 11 is 0. The Labute approximate surface area is 183 Å². The number of hydrogen-bond acceptors (Lipinski definition) is 5. The topological polar surface area (TPSA) is 89.0 Å². The molecule has 0 bridgehead atoms. The number of carbonyl (C=O) groups excluding carboxylic acids is 1. The molecule has 0 radical (unpaired) electrons. The molecule has 0 saturated carbocycles. The molecule has 0 spiro atoms. The summed E-state index contributed by atoms with van der Waals surface area (Å²) in [6.07, 6.45) is -8.88. The van der Waals surface area contributed by atoms with Crippen molar-refractivity contribution < 1.29 is 39.6 Å². The van der Waals surface area contributed by atoms with E-state index < -0.39 is 56.6 Å². The van der Waals surface area contributed by atoms with Crippen LogP contribution in [-0.2, 0) is 28.7 Å². The average Bonchev–Trinajstić information content (AvgIpc) is 2.76. The van der Waals surface area contributed by atoms with Gasteiger partial charge in [-0.15, -0.1) is 0 Å². The average molecular weight is 489 g/mol. The van der Waals surface area contributed by atoms with E-state index in [1.807, 2.05) is 0 Å². The van der Waals surface area contributed by atoms with Gasteiger partial charge in [-0.25, -0.2) is 18.4 Å². The summed E-state index contributed by atoms with van der Waals surface area (Å²) < 4.78 is 103. The van der Waals surface area contributed by atoms with E-state index in [0.29, 0.717) is 6.07 Å². The number of nitrogens with zero attached hydrogens (tertiary/aromatic N) is 2. The number of carbonyl (C=O) groups is 1. The highest BCUT2D eigenvalue weighted by atomic mass is 32.2. The Kier molecular flexibility index (Phi) is 6.45. The maximum atomic E-state index is 13.0. The van der Waals surface area contributed by atoms with E-state index in [1.54, 1.807) is 0 Å². The molecule has 13 heteroatoms. The standard InChI is InChI=1S/C20H13F6N3O3S/c21-19(22,23)13-5-3-6-14(10-13)33(31,32)16-7-2-1-4-12(16)11-28-17(30)15-8-9-27-18(29-15)20(24,25)26/h1-10H,11H2,(H,28,30). The van der Waals surface area contributed by atoms with Gasteiger partial charge >= 0.3 is 12.4 Å². The van der Waals surface area contributed by atoms with Crippen molar-refractivity contribution in [1.29, 1.82) is 0 Å². The van der Waals surface area contributed by atoms with Crippen LogP contribution in [0.3, 0.4) is 0 Å². The van der Waals surface area contributed by atoms with Crippen LogP contribution in [0.1, 0.15) is 27.4 Å². The zero-order chi connectivity index (χ0) is 24.4. The second-order valence-corrected chi connectivity index (χ2v) is 8.50. The van der Waals surface area contributed by atoms with Crippen LogP contribution in [0, 0.1) is 0 Å². The predicted molar refractivity (Wildman–Crippen MR) is 102 cm³/mol. The van der Waals surface area contributed by atoms with E-state index in [-0.39, 0.29) is 10.5 Å². The largest absolute Gasteiger partial charge is 0.451 e. The minimum atomic E-state index is -4.87. The van der Waals surface area contributed by atoms with Crippen molar-refractivity contribution in [3.8, 4) is 0 Å². The number of nitrogens with one attached hydrogen (secondary N) is 1. The van der Waals surface area contributed by atoms with E-state index >= 15 is 0 Å². The molecule has 0 atom stereocenters. The highest BCUT2D eigenvalue weighted by Gasteiger charge is 2.35. The first-order valence-corrected chi connectivity index (χ1v) is 10.5. The lowest BCUT2D eigenvalue weighted by atomic mass is 10.2. The number of alkyl halides is 6. The van der Waals surface area contributed by atoms with Gasteiger partial charge in [0.1, 0.15) is 5.69 Å². The maximum Gasteiger partial charge on any atom is 0.451 e. The van der Waals surface area contributed by atoms with Crippen LogP contribution in [0.5, 0.6) is 0 Å². The van der Waals surface area contributed by atoms with Crippen molar-refractivity contribution in [3.05, 3.63) is 83.4 Å². The molecule has 3 rings (SSSR count). The third kappa shape index (κ3) is 5.48. The molecule has 0 unspecified atom stereocenters. The van der Waals surface area contributed by atoms with Gasteiger partial charge in [0.15, 0.2) is 0 Å². The molecule has 0 aliphatic heterocycles. The molecule has 0 saturated heterocycles. The van der Waals surface area contributed by atoms with Crippen molar-refractivity contribution in [2.24, 2.45) is 0 Å². The lowest BCUT2D eigenvalue weighted by molar-refractivity contribution is -0.145. The Morgan fingerprint density at radius 2 is 1.61 bits per heavy atom. The summed E-state index contributed by atoms with van der Waals surface area (Å²) in [5.74, 6) is -2.56. The number of aromatic nitrogens is 2. The molecule has 0 aliphatic rings. The molecule has 6 nitrogen and oxygen atoms in total. The van der Waals surface area contributed by atoms with E-state index in [1.165, 1.54) is 18.2 Å². The lowest BCUT2D eigenvalue weighted by Gasteiger charge is -2.13. The summed E-state index contributed by atoms with van der Waals surface area (Å²) in [4.78, 5) is 17.4. The van der Waals surface area contributed by atoms with Gasteiger partial charge in [-0.05, 0) is 35.9 Å². The van der Waals surface area contributed by atoms with Gasteiger partial charge < -0.3 is 5.32 Å². The van der Waals surface area contributed by atoms with Crippen LogP contribution in [0.2, 0.25) is 0 Å². The van der Waals surface area contributed by atoms with Gasteiger partial charge in [-0.1, -0.05) is 24.3 Å². The van der Waals surface area contributed by atoms with E-state index in [2.05, 4.69) is 15.3 Å². The summed E-state index contributed by atoms with van der Waals surface area (Å²) in [6.45, 7) is -0.446. The second-order valence-electron chi connectivity index (χ2n) is 6.58. The summed E-state index contributed by atoms with van der Waals surface area (Å²) in [5, 5.41) is 2.25. The summed E-state index contributed by atoms with van der Waals surface area (Å²) in [7, 11) is -4.42. The quantitative estimate of drug-likeness (QED) is 0.541. The second kappa shape index (κ2) is 8.81. The third-order valence-corrected chi connectivity index (χ3v) is 6.17. The number of benzene rings is 2. The molecule has 0 fully saturated rings. The van der Waals surface area contributed by atoms with Gasteiger partial charge in [-0.2, -0.15) is 26.3 Å². The molecule has 1 heterocycles. The fraction of sp³-hybridized carbons (Fsp3) is 0.150. The van der Waals surface area contributed by atoms with Crippen LogP contribution in [0.25, 0.3) is 0 Å². The Hall–Kier alpha value is -3.48.